The molecule has 1 aromatic heterocycles. The Morgan fingerprint density at radius 1 is 1.29 bits per heavy atom. The fourth-order valence-electron chi connectivity index (χ4n) is 0.636. The molecule has 0 spiro atoms. The lowest BCUT2D eigenvalue weighted by atomic mass is 10.4. The van der Waals surface area contributed by atoms with Gasteiger partial charge in [-0.15, -0.1) is 13.2 Å². The lowest BCUT2D eigenvalue weighted by Gasteiger charge is -2.10. The highest BCUT2D eigenvalue weighted by atomic mass is 127. The molecule has 0 atom stereocenters. The van der Waals surface area contributed by atoms with Gasteiger partial charge >= 0.3 is 6.36 Å². The maximum absolute atomic E-state index is 12.9. The molecule has 0 aliphatic heterocycles. The monoisotopic (exact) mass is 325 g/mol. The molecule has 8 heteroatoms. The first-order valence-corrected chi connectivity index (χ1v) is 4.14. The molecular formula is C6HF5INO. The lowest BCUT2D eigenvalue weighted by Crippen LogP contribution is -2.19. The zero-order chi connectivity index (χ0) is 10.9. The van der Waals surface area contributed by atoms with Gasteiger partial charge in [-0.2, -0.15) is 4.39 Å². The Morgan fingerprint density at radius 2 is 1.86 bits per heavy atom. The smallest absolute Gasteiger partial charge is 0.399 e. The molecule has 0 aromatic carbocycles. The zero-order valence-corrected chi connectivity index (χ0v) is 8.36. The van der Waals surface area contributed by atoms with E-state index in [2.05, 4.69) is 9.72 Å². The highest BCUT2D eigenvalue weighted by Gasteiger charge is 2.34. The number of hydrogen-bond acceptors (Lipinski definition) is 2. The molecule has 0 amide bonds. The summed E-state index contributed by atoms with van der Waals surface area (Å²) in [5.74, 6) is -4.46. The third-order valence-electron chi connectivity index (χ3n) is 1.11. The van der Waals surface area contributed by atoms with Crippen LogP contribution >= 0.6 is 22.6 Å². The van der Waals surface area contributed by atoms with E-state index in [1.807, 2.05) is 0 Å². The summed E-state index contributed by atoms with van der Waals surface area (Å²) in [5, 5.41) is 0. The molecule has 0 unspecified atom stereocenters. The molecule has 1 heterocycles. The Bertz CT molecular complexity index is 353. The first-order valence-electron chi connectivity index (χ1n) is 3.06. The first kappa shape index (κ1) is 11.4. The number of hydrogen-bond donors (Lipinski definition) is 0. The Hall–Kier alpha value is -0.670. The lowest BCUT2D eigenvalue weighted by molar-refractivity contribution is -0.276. The largest absolute Gasteiger partial charge is 0.573 e. The molecule has 0 fully saturated rings. The fraction of sp³-hybridized carbons (Fsp3) is 0.167. The number of alkyl halides is 3. The molecular weight excluding hydrogens is 324 g/mol. The van der Waals surface area contributed by atoms with Crippen LogP contribution in [-0.4, -0.2) is 11.3 Å². The topological polar surface area (TPSA) is 22.1 Å². The van der Waals surface area contributed by atoms with Crippen molar-refractivity contribution >= 4 is 22.6 Å². The predicted molar refractivity (Wildman–Crippen MR) is 43.6 cm³/mol. The van der Waals surface area contributed by atoms with E-state index < -0.39 is 27.4 Å². The zero-order valence-electron chi connectivity index (χ0n) is 6.20. The average Bonchev–Trinajstić information content (AvgIpc) is 2.04. The Balaban J connectivity index is 3.13. The molecule has 0 radical (unpaired) electrons. The highest BCUT2D eigenvalue weighted by Crippen LogP contribution is 2.29. The van der Waals surface area contributed by atoms with Crippen LogP contribution in [0.25, 0.3) is 0 Å². The van der Waals surface area contributed by atoms with Crippen LogP contribution in [0.5, 0.6) is 5.75 Å². The van der Waals surface area contributed by atoms with Crippen LogP contribution in [-0.2, 0) is 0 Å². The SMILES string of the molecule is Fc1cnc(I)c(F)c1OC(F)(F)F. The summed E-state index contributed by atoms with van der Waals surface area (Å²) in [6.07, 6.45) is -4.68. The quantitative estimate of drug-likeness (QED) is 0.450. The summed E-state index contributed by atoms with van der Waals surface area (Å²) in [4.78, 5) is 3.16. The van der Waals surface area contributed by atoms with Crippen LogP contribution in [0.4, 0.5) is 22.0 Å². The van der Waals surface area contributed by atoms with Crippen molar-refractivity contribution < 1.29 is 26.7 Å². The molecule has 78 valence electrons. The van der Waals surface area contributed by atoms with Crippen molar-refractivity contribution in [3.8, 4) is 5.75 Å². The van der Waals surface area contributed by atoms with Crippen molar-refractivity contribution in [2.75, 3.05) is 0 Å². The maximum atomic E-state index is 12.9. The van der Waals surface area contributed by atoms with Gasteiger partial charge in [0.2, 0.25) is 5.75 Å². The number of ether oxygens (including phenoxy) is 1. The number of rotatable bonds is 1. The van der Waals surface area contributed by atoms with Crippen molar-refractivity contribution in [2.45, 2.75) is 6.36 Å². The molecule has 2 nitrogen and oxygen atoms in total. The van der Waals surface area contributed by atoms with Crippen LogP contribution in [0.15, 0.2) is 6.20 Å². The van der Waals surface area contributed by atoms with Gasteiger partial charge < -0.3 is 4.74 Å². The van der Waals surface area contributed by atoms with Crippen LogP contribution in [0.2, 0.25) is 0 Å². The van der Waals surface area contributed by atoms with Crippen molar-refractivity contribution in [2.24, 2.45) is 0 Å². The van der Waals surface area contributed by atoms with Gasteiger partial charge in [0.1, 0.15) is 3.70 Å². The highest BCUT2D eigenvalue weighted by molar-refractivity contribution is 14.1. The van der Waals surface area contributed by atoms with E-state index in [1.54, 1.807) is 0 Å². The summed E-state index contributed by atoms with van der Waals surface area (Å²) in [6, 6.07) is 0. The van der Waals surface area contributed by atoms with E-state index in [0.717, 1.165) is 0 Å². The van der Waals surface area contributed by atoms with E-state index in [-0.39, 0.29) is 0 Å². The first-order chi connectivity index (χ1) is 6.31. The molecule has 1 aromatic rings. The summed E-state index contributed by atoms with van der Waals surface area (Å²) < 4.78 is 63.2. The van der Waals surface area contributed by atoms with Crippen LogP contribution in [0.3, 0.4) is 0 Å². The minimum absolute atomic E-state index is 0.400. The second kappa shape index (κ2) is 3.83. The van der Waals surface area contributed by atoms with Crippen LogP contribution < -0.4 is 4.74 Å². The summed E-state index contributed by atoms with van der Waals surface area (Å²) in [5.41, 5.74) is 0. The molecule has 0 N–H and O–H groups in total. The molecule has 14 heavy (non-hydrogen) atoms. The normalized spacial score (nSPS) is 11.6. The molecule has 0 saturated heterocycles. The van der Waals surface area contributed by atoms with Crippen LogP contribution in [0.1, 0.15) is 0 Å². The summed E-state index contributed by atoms with van der Waals surface area (Å²) >= 11 is 1.32. The van der Waals surface area contributed by atoms with Gasteiger partial charge in [0.25, 0.3) is 0 Å². The number of halogens is 6. The number of aromatic nitrogens is 1. The Morgan fingerprint density at radius 3 is 2.36 bits per heavy atom. The van der Waals surface area contributed by atoms with E-state index in [9.17, 15) is 22.0 Å². The number of pyridine rings is 1. The van der Waals surface area contributed by atoms with Gasteiger partial charge in [-0.25, -0.2) is 9.37 Å². The van der Waals surface area contributed by atoms with Gasteiger partial charge in [-0.1, -0.05) is 0 Å². The van der Waals surface area contributed by atoms with Gasteiger partial charge in [-0.3, -0.25) is 0 Å². The maximum Gasteiger partial charge on any atom is 0.573 e. The fourth-order valence-corrected chi connectivity index (χ4v) is 1.02. The number of nitrogens with zero attached hydrogens (tertiary/aromatic N) is 1. The van der Waals surface area contributed by atoms with Crippen molar-refractivity contribution in [3.05, 3.63) is 21.5 Å². The van der Waals surface area contributed by atoms with Crippen LogP contribution in [0, 0.1) is 15.3 Å². The molecule has 0 aliphatic rings. The average molecular weight is 325 g/mol. The van der Waals surface area contributed by atoms with E-state index in [1.165, 1.54) is 22.6 Å². The third kappa shape index (κ3) is 2.66. The molecule has 0 bridgehead atoms. The van der Waals surface area contributed by atoms with Gasteiger partial charge in [0.05, 0.1) is 6.20 Å². The second-order valence-electron chi connectivity index (χ2n) is 2.09. The standard InChI is InChI=1S/C6HF5INO/c7-2-1-13-5(12)3(8)4(2)14-6(9,10)11/h1H. The summed E-state index contributed by atoms with van der Waals surface area (Å²) in [6.45, 7) is 0. The van der Waals surface area contributed by atoms with Gasteiger partial charge in [-0.05, 0) is 22.6 Å². The van der Waals surface area contributed by atoms with Gasteiger partial charge in [0, 0.05) is 0 Å². The molecule has 1 rings (SSSR count). The van der Waals surface area contributed by atoms with Crippen molar-refractivity contribution in [1.29, 1.82) is 0 Å². The van der Waals surface area contributed by atoms with E-state index >= 15 is 0 Å². The minimum Gasteiger partial charge on any atom is -0.399 e. The summed E-state index contributed by atoms with van der Waals surface area (Å²) in [7, 11) is 0. The molecule has 0 aliphatic carbocycles. The van der Waals surface area contributed by atoms with Gasteiger partial charge in [0.15, 0.2) is 11.6 Å². The van der Waals surface area contributed by atoms with Crippen molar-refractivity contribution in [3.63, 3.8) is 0 Å². The minimum atomic E-state index is -5.13. The van der Waals surface area contributed by atoms with E-state index in [4.69, 9.17) is 0 Å². The van der Waals surface area contributed by atoms with E-state index in [0.29, 0.717) is 6.20 Å². The second-order valence-corrected chi connectivity index (χ2v) is 3.11. The predicted octanol–water partition coefficient (Wildman–Crippen LogP) is 2.86. The Kier molecular flexibility index (Phi) is 3.12. The Labute approximate surface area is 88.2 Å². The molecule has 0 saturated carbocycles. The van der Waals surface area contributed by atoms with Crippen molar-refractivity contribution in [1.82, 2.24) is 4.98 Å². The third-order valence-corrected chi connectivity index (χ3v) is 1.86.